The third-order valence-corrected chi connectivity index (χ3v) is 3.19. The summed E-state index contributed by atoms with van der Waals surface area (Å²) in [6, 6.07) is 6.12. The van der Waals surface area contributed by atoms with Gasteiger partial charge in [-0.1, -0.05) is 5.16 Å². The molecule has 1 aromatic heterocycles. The normalized spacial score (nSPS) is 18.6. The quantitative estimate of drug-likeness (QED) is 0.667. The van der Waals surface area contributed by atoms with E-state index in [1.54, 1.807) is 12.1 Å². The summed E-state index contributed by atoms with van der Waals surface area (Å²) < 4.78 is 5.25. The van der Waals surface area contributed by atoms with E-state index >= 15 is 0 Å². The molecule has 7 heteroatoms. The molecule has 2 heterocycles. The summed E-state index contributed by atoms with van der Waals surface area (Å²) in [6.07, 6.45) is 0.988. The minimum Gasteiger partial charge on any atom is -0.339 e. The molecule has 0 amide bonds. The Kier molecular flexibility index (Phi) is 2.96. The zero-order chi connectivity index (χ0) is 13.2. The first-order valence-corrected chi connectivity index (χ1v) is 6.03. The predicted octanol–water partition coefficient (Wildman–Crippen LogP) is 1.72. The Balaban J connectivity index is 1.83. The van der Waals surface area contributed by atoms with Gasteiger partial charge >= 0.3 is 0 Å². The number of hydrogen-bond donors (Lipinski definition) is 1. The second-order valence-electron chi connectivity index (χ2n) is 4.45. The van der Waals surface area contributed by atoms with E-state index in [2.05, 4.69) is 15.5 Å². The van der Waals surface area contributed by atoms with E-state index in [0.717, 1.165) is 19.5 Å². The first-order chi connectivity index (χ1) is 9.24. The number of nitro groups is 1. The topological polar surface area (TPSA) is 94.1 Å². The summed E-state index contributed by atoms with van der Waals surface area (Å²) in [6.45, 7) is 1.81. The standard InChI is InChI=1S/C12H12N4O3/c17-16(18)10-3-1-8(2-4-10)11-14-12(19-15-11)9-5-6-13-7-9/h1-4,9,13H,5-7H2. The highest BCUT2D eigenvalue weighted by molar-refractivity contribution is 5.56. The first kappa shape index (κ1) is 11.8. The lowest BCUT2D eigenvalue weighted by atomic mass is 10.1. The third-order valence-electron chi connectivity index (χ3n) is 3.19. The van der Waals surface area contributed by atoms with E-state index in [1.165, 1.54) is 12.1 Å². The zero-order valence-electron chi connectivity index (χ0n) is 10.1. The molecule has 19 heavy (non-hydrogen) atoms. The maximum Gasteiger partial charge on any atom is 0.269 e. The Morgan fingerprint density at radius 1 is 1.37 bits per heavy atom. The van der Waals surface area contributed by atoms with Crippen LogP contribution in [0.1, 0.15) is 18.2 Å². The molecule has 1 N–H and O–H groups in total. The lowest BCUT2D eigenvalue weighted by Crippen LogP contribution is -2.08. The molecule has 0 saturated carbocycles. The number of hydrogen-bond acceptors (Lipinski definition) is 6. The molecular formula is C12H12N4O3. The fraction of sp³-hybridized carbons (Fsp3) is 0.333. The molecule has 2 aromatic rings. The van der Waals surface area contributed by atoms with Crippen molar-refractivity contribution >= 4 is 5.69 Å². The summed E-state index contributed by atoms with van der Waals surface area (Å²) in [4.78, 5) is 14.5. The molecule has 1 saturated heterocycles. The van der Waals surface area contributed by atoms with Crippen molar-refractivity contribution < 1.29 is 9.45 Å². The van der Waals surface area contributed by atoms with Crippen LogP contribution in [0.3, 0.4) is 0 Å². The molecule has 1 aliphatic rings. The molecule has 1 aromatic carbocycles. The van der Waals surface area contributed by atoms with Crippen LogP contribution in [-0.2, 0) is 0 Å². The van der Waals surface area contributed by atoms with Crippen molar-refractivity contribution in [2.24, 2.45) is 0 Å². The molecule has 0 bridgehead atoms. The van der Waals surface area contributed by atoms with Crippen LogP contribution < -0.4 is 5.32 Å². The molecule has 1 fully saturated rings. The van der Waals surface area contributed by atoms with Crippen molar-refractivity contribution in [3.8, 4) is 11.4 Å². The monoisotopic (exact) mass is 260 g/mol. The second-order valence-corrected chi connectivity index (χ2v) is 4.45. The van der Waals surface area contributed by atoms with Gasteiger partial charge in [0.2, 0.25) is 11.7 Å². The van der Waals surface area contributed by atoms with Gasteiger partial charge < -0.3 is 9.84 Å². The van der Waals surface area contributed by atoms with Crippen molar-refractivity contribution in [3.63, 3.8) is 0 Å². The molecule has 0 aliphatic carbocycles. The summed E-state index contributed by atoms with van der Waals surface area (Å²) in [5.41, 5.74) is 0.763. The highest BCUT2D eigenvalue weighted by atomic mass is 16.6. The average molecular weight is 260 g/mol. The smallest absolute Gasteiger partial charge is 0.269 e. The van der Waals surface area contributed by atoms with E-state index in [-0.39, 0.29) is 11.6 Å². The Labute approximate surface area is 108 Å². The molecule has 1 atom stereocenters. The van der Waals surface area contributed by atoms with Crippen molar-refractivity contribution in [1.29, 1.82) is 0 Å². The maximum atomic E-state index is 10.6. The molecular weight excluding hydrogens is 248 g/mol. The highest BCUT2D eigenvalue weighted by Crippen LogP contribution is 2.24. The van der Waals surface area contributed by atoms with Crippen molar-refractivity contribution in [2.45, 2.75) is 12.3 Å². The SMILES string of the molecule is O=[N+]([O-])c1ccc(-c2noc(C3CCNC3)n2)cc1. The molecule has 3 rings (SSSR count). The Morgan fingerprint density at radius 2 is 2.16 bits per heavy atom. The van der Waals surface area contributed by atoms with E-state index in [9.17, 15) is 10.1 Å². The Bertz CT molecular complexity index is 587. The number of rotatable bonds is 3. The number of nitrogens with one attached hydrogen (secondary N) is 1. The number of nitro benzene ring substituents is 1. The van der Waals surface area contributed by atoms with Gasteiger partial charge in [0.15, 0.2) is 0 Å². The van der Waals surface area contributed by atoms with Crippen LogP contribution >= 0.6 is 0 Å². The van der Waals surface area contributed by atoms with Gasteiger partial charge in [0, 0.05) is 24.2 Å². The van der Waals surface area contributed by atoms with Crippen LogP contribution in [0.2, 0.25) is 0 Å². The van der Waals surface area contributed by atoms with E-state index < -0.39 is 4.92 Å². The number of nitrogens with zero attached hydrogens (tertiary/aromatic N) is 3. The van der Waals surface area contributed by atoms with Crippen LogP contribution in [-0.4, -0.2) is 28.2 Å². The minimum absolute atomic E-state index is 0.0486. The van der Waals surface area contributed by atoms with Gasteiger partial charge in [-0.3, -0.25) is 10.1 Å². The van der Waals surface area contributed by atoms with E-state index in [1.807, 2.05) is 0 Å². The van der Waals surface area contributed by atoms with Gasteiger partial charge in [-0.2, -0.15) is 4.98 Å². The van der Waals surface area contributed by atoms with Crippen molar-refractivity contribution in [1.82, 2.24) is 15.5 Å². The molecule has 0 spiro atoms. The molecule has 98 valence electrons. The van der Waals surface area contributed by atoms with E-state index in [0.29, 0.717) is 17.3 Å². The van der Waals surface area contributed by atoms with Crippen LogP contribution in [0, 0.1) is 10.1 Å². The lowest BCUT2D eigenvalue weighted by Gasteiger charge is -1.98. The average Bonchev–Trinajstić information content (AvgIpc) is 3.10. The Morgan fingerprint density at radius 3 is 2.79 bits per heavy atom. The number of benzene rings is 1. The summed E-state index contributed by atoms with van der Waals surface area (Å²) in [5, 5.41) is 17.7. The predicted molar refractivity (Wildman–Crippen MR) is 66.6 cm³/mol. The molecule has 0 radical (unpaired) electrons. The van der Waals surface area contributed by atoms with Gasteiger partial charge in [-0.25, -0.2) is 0 Å². The Hall–Kier alpha value is -2.28. The molecule has 1 unspecified atom stereocenters. The highest BCUT2D eigenvalue weighted by Gasteiger charge is 2.23. The fourth-order valence-corrected chi connectivity index (χ4v) is 2.12. The lowest BCUT2D eigenvalue weighted by molar-refractivity contribution is -0.384. The van der Waals surface area contributed by atoms with Crippen molar-refractivity contribution in [2.75, 3.05) is 13.1 Å². The van der Waals surface area contributed by atoms with E-state index in [4.69, 9.17) is 4.52 Å². The van der Waals surface area contributed by atoms with Crippen LogP contribution in [0.25, 0.3) is 11.4 Å². The third kappa shape index (κ3) is 2.32. The summed E-state index contributed by atoms with van der Waals surface area (Å²) >= 11 is 0. The van der Waals surface area contributed by atoms with Gasteiger partial charge in [0.25, 0.3) is 5.69 Å². The second kappa shape index (κ2) is 4.77. The van der Waals surface area contributed by atoms with Gasteiger partial charge in [-0.15, -0.1) is 0 Å². The fourth-order valence-electron chi connectivity index (χ4n) is 2.12. The molecule has 7 nitrogen and oxygen atoms in total. The number of aromatic nitrogens is 2. The largest absolute Gasteiger partial charge is 0.339 e. The number of non-ortho nitro benzene ring substituents is 1. The van der Waals surface area contributed by atoms with Crippen LogP contribution in [0.15, 0.2) is 28.8 Å². The first-order valence-electron chi connectivity index (χ1n) is 6.03. The van der Waals surface area contributed by atoms with Gasteiger partial charge in [0.1, 0.15) is 0 Å². The zero-order valence-corrected chi connectivity index (χ0v) is 10.1. The van der Waals surface area contributed by atoms with Gasteiger partial charge in [0.05, 0.1) is 10.8 Å². The van der Waals surface area contributed by atoms with Crippen LogP contribution in [0.5, 0.6) is 0 Å². The van der Waals surface area contributed by atoms with Crippen LogP contribution in [0.4, 0.5) is 5.69 Å². The summed E-state index contributed by atoms with van der Waals surface area (Å²) in [7, 11) is 0. The summed E-state index contributed by atoms with van der Waals surface area (Å²) in [5.74, 6) is 1.36. The van der Waals surface area contributed by atoms with Crippen molar-refractivity contribution in [3.05, 3.63) is 40.3 Å². The van der Waals surface area contributed by atoms with Gasteiger partial charge in [-0.05, 0) is 25.1 Å². The maximum absolute atomic E-state index is 10.6. The molecule has 1 aliphatic heterocycles. The minimum atomic E-state index is -0.435.